The van der Waals surface area contributed by atoms with E-state index in [1.54, 1.807) is 19.2 Å². The highest BCUT2D eigenvalue weighted by molar-refractivity contribution is 5.67. The van der Waals surface area contributed by atoms with Gasteiger partial charge in [0.15, 0.2) is 0 Å². The third-order valence-corrected chi connectivity index (χ3v) is 2.72. The maximum atomic E-state index is 11.6. The monoisotopic (exact) mass is 296 g/mol. The standard InChI is InChI=1S/C15H24N2O4/c1-10(18)12-9-17-13(20-5)8-11(12)6-7-16-14(19)21-15(2,3)4/h8-10,18H,6-7H2,1-5H3,(H,16,19). The van der Waals surface area contributed by atoms with Crippen molar-refractivity contribution < 1.29 is 19.4 Å². The fourth-order valence-electron chi connectivity index (χ4n) is 1.80. The Bertz CT molecular complexity index is 481. The van der Waals surface area contributed by atoms with Crippen LogP contribution < -0.4 is 10.1 Å². The smallest absolute Gasteiger partial charge is 0.407 e. The van der Waals surface area contributed by atoms with Crippen molar-refractivity contribution in [2.75, 3.05) is 13.7 Å². The Hall–Kier alpha value is -1.82. The number of aromatic nitrogens is 1. The molecule has 1 atom stereocenters. The molecule has 1 unspecified atom stereocenters. The minimum atomic E-state index is -0.625. The number of ether oxygens (including phenoxy) is 2. The number of nitrogens with zero attached hydrogens (tertiary/aromatic N) is 1. The second kappa shape index (κ2) is 7.26. The van der Waals surface area contributed by atoms with Gasteiger partial charge in [0.25, 0.3) is 0 Å². The Labute approximate surface area is 125 Å². The minimum absolute atomic E-state index is 0.405. The number of nitrogens with one attached hydrogen (secondary N) is 1. The zero-order chi connectivity index (χ0) is 16.0. The molecule has 118 valence electrons. The number of methoxy groups -OCH3 is 1. The van der Waals surface area contributed by atoms with Crippen LogP contribution in [0.25, 0.3) is 0 Å². The molecule has 0 saturated carbocycles. The molecule has 0 aromatic carbocycles. The lowest BCUT2D eigenvalue weighted by Gasteiger charge is -2.20. The molecule has 6 nitrogen and oxygen atoms in total. The van der Waals surface area contributed by atoms with Gasteiger partial charge in [-0.15, -0.1) is 0 Å². The third-order valence-electron chi connectivity index (χ3n) is 2.72. The molecular weight excluding hydrogens is 272 g/mol. The van der Waals surface area contributed by atoms with Crippen LogP contribution >= 0.6 is 0 Å². The molecule has 0 aliphatic heterocycles. The molecule has 0 aliphatic carbocycles. The zero-order valence-electron chi connectivity index (χ0n) is 13.3. The van der Waals surface area contributed by atoms with Crippen molar-refractivity contribution >= 4 is 6.09 Å². The van der Waals surface area contributed by atoms with Crippen LogP contribution in [0.4, 0.5) is 4.79 Å². The molecule has 0 spiro atoms. The van der Waals surface area contributed by atoms with Crippen LogP contribution in [0.3, 0.4) is 0 Å². The lowest BCUT2D eigenvalue weighted by Crippen LogP contribution is -2.33. The number of carbonyl (C=O) groups is 1. The van der Waals surface area contributed by atoms with Crippen molar-refractivity contribution in [1.29, 1.82) is 0 Å². The molecular formula is C15H24N2O4. The first kappa shape index (κ1) is 17.2. The van der Waals surface area contributed by atoms with Crippen LogP contribution in [0.15, 0.2) is 12.3 Å². The number of rotatable bonds is 5. The fourth-order valence-corrected chi connectivity index (χ4v) is 1.80. The summed E-state index contributed by atoms with van der Waals surface area (Å²) in [6.07, 6.45) is 1.06. The van der Waals surface area contributed by atoms with Gasteiger partial charge in [0.2, 0.25) is 5.88 Å². The van der Waals surface area contributed by atoms with Crippen LogP contribution in [-0.4, -0.2) is 35.4 Å². The largest absolute Gasteiger partial charge is 0.481 e. The van der Waals surface area contributed by atoms with Gasteiger partial charge in [-0.2, -0.15) is 0 Å². The lowest BCUT2D eigenvalue weighted by atomic mass is 10.0. The first-order chi connectivity index (χ1) is 9.73. The molecule has 1 aromatic heterocycles. The van der Waals surface area contributed by atoms with Crippen molar-refractivity contribution in [2.24, 2.45) is 0 Å². The van der Waals surface area contributed by atoms with E-state index < -0.39 is 17.8 Å². The number of amides is 1. The van der Waals surface area contributed by atoms with Crippen LogP contribution in [0.2, 0.25) is 0 Å². The number of aliphatic hydroxyl groups is 1. The van der Waals surface area contributed by atoms with Crippen molar-refractivity contribution in [2.45, 2.75) is 45.8 Å². The van der Waals surface area contributed by atoms with Crippen molar-refractivity contribution in [1.82, 2.24) is 10.3 Å². The summed E-state index contributed by atoms with van der Waals surface area (Å²) in [6, 6.07) is 1.76. The summed E-state index contributed by atoms with van der Waals surface area (Å²) in [6.45, 7) is 7.51. The predicted octanol–water partition coefficient (Wildman–Crippen LogP) is 2.21. The van der Waals surface area contributed by atoms with Crippen molar-refractivity contribution in [3.8, 4) is 5.88 Å². The molecule has 1 rings (SSSR count). The Morgan fingerprint density at radius 1 is 1.48 bits per heavy atom. The van der Waals surface area contributed by atoms with E-state index in [2.05, 4.69) is 10.3 Å². The van der Waals surface area contributed by atoms with Gasteiger partial charge >= 0.3 is 6.09 Å². The van der Waals surface area contributed by atoms with Crippen molar-refractivity contribution in [3.05, 3.63) is 23.4 Å². The highest BCUT2D eigenvalue weighted by Gasteiger charge is 2.16. The molecule has 1 amide bonds. The van der Waals surface area contributed by atoms with Crippen molar-refractivity contribution in [3.63, 3.8) is 0 Å². The van der Waals surface area contributed by atoms with Gasteiger partial charge in [0, 0.05) is 24.4 Å². The Morgan fingerprint density at radius 3 is 2.67 bits per heavy atom. The third kappa shape index (κ3) is 5.99. The minimum Gasteiger partial charge on any atom is -0.481 e. The van der Waals surface area contributed by atoms with E-state index in [-0.39, 0.29) is 0 Å². The number of hydrogen-bond acceptors (Lipinski definition) is 5. The van der Waals surface area contributed by atoms with Crippen LogP contribution in [0.1, 0.15) is 44.9 Å². The summed E-state index contributed by atoms with van der Waals surface area (Å²) in [5.41, 5.74) is 1.09. The molecule has 1 aromatic rings. The van der Waals surface area contributed by atoms with E-state index in [1.165, 1.54) is 7.11 Å². The van der Waals surface area contributed by atoms with E-state index in [0.717, 1.165) is 11.1 Å². The highest BCUT2D eigenvalue weighted by Crippen LogP contribution is 2.21. The maximum absolute atomic E-state index is 11.6. The molecule has 21 heavy (non-hydrogen) atoms. The molecule has 0 fully saturated rings. The van der Waals surface area contributed by atoms with Crippen LogP contribution in [0.5, 0.6) is 5.88 Å². The number of alkyl carbamates (subject to hydrolysis) is 1. The van der Waals surface area contributed by atoms with Gasteiger partial charge in [-0.05, 0) is 39.7 Å². The van der Waals surface area contributed by atoms with Crippen LogP contribution in [0, 0.1) is 0 Å². The van der Waals surface area contributed by atoms with E-state index in [0.29, 0.717) is 18.8 Å². The summed E-state index contributed by atoms with van der Waals surface area (Å²) in [4.78, 5) is 15.6. The summed E-state index contributed by atoms with van der Waals surface area (Å²) in [7, 11) is 1.53. The van der Waals surface area contributed by atoms with E-state index in [4.69, 9.17) is 9.47 Å². The average Bonchev–Trinajstić information content (AvgIpc) is 2.36. The Morgan fingerprint density at radius 2 is 2.14 bits per heavy atom. The number of hydrogen-bond donors (Lipinski definition) is 2. The number of aliphatic hydroxyl groups excluding tert-OH is 1. The summed E-state index contributed by atoms with van der Waals surface area (Å²) in [5, 5.41) is 12.4. The molecule has 1 heterocycles. The van der Waals surface area contributed by atoms with E-state index in [9.17, 15) is 9.90 Å². The fraction of sp³-hybridized carbons (Fsp3) is 0.600. The van der Waals surface area contributed by atoms with E-state index >= 15 is 0 Å². The first-order valence-electron chi connectivity index (χ1n) is 6.90. The molecule has 0 radical (unpaired) electrons. The molecule has 0 saturated heterocycles. The zero-order valence-corrected chi connectivity index (χ0v) is 13.3. The second-order valence-electron chi connectivity index (χ2n) is 5.78. The quantitative estimate of drug-likeness (QED) is 0.870. The predicted molar refractivity (Wildman–Crippen MR) is 79.4 cm³/mol. The normalized spacial score (nSPS) is 12.7. The van der Waals surface area contributed by atoms with E-state index in [1.807, 2.05) is 20.8 Å². The second-order valence-corrected chi connectivity index (χ2v) is 5.78. The van der Waals surface area contributed by atoms with Crippen LogP contribution in [-0.2, 0) is 11.2 Å². The van der Waals surface area contributed by atoms with Gasteiger partial charge in [0.1, 0.15) is 5.60 Å². The molecule has 0 bridgehead atoms. The van der Waals surface area contributed by atoms with Gasteiger partial charge in [0.05, 0.1) is 13.2 Å². The summed E-state index contributed by atoms with van der Waals surface area (Å²) >= 11 is 0. The Kier molecular flexibility index (Phi) is 5.96. The van der Waals surface area contributed by atoms with Gasteiger partial charge < -0.3 is 19.9 Å². The van der Waals surface area contributed by atoms with Gasteiger partial charge in [-0.25, -0.2) is 9.78 Å². The summed E-state index contributed by atoms with van der Waals surface area (Å²) < 4.78 is 10.2. The maximum Gasteiger partial charge on any atom is 0.407 e. The lowest BCUT2D eigenvalue weighted by molar-refractivity contribution is 0.0528. The SMILES string of the molecule is COc1cc(CCNC(=O)OC(C)(C)C)c(C(C)O)cn1. The highest BCUT2D eigenvalue weighted by atomic mass is 16.6. The van der Waals surface area contributed by atoms with Gasteiger partial charge in [-0.1, -0.05) is 0 Å². The number of carbonyl (C=O) groups excluding carboxylic acids is 1. The summed E-state index contributed by atoms with van der Waals surface area (Å²) in [5.74, 6) is 0.478. The molecule has 6 heteroatoms. The molecule has 0 aliphatic rings. The average molecular weight is 296 g/mol. The first-order valence-corrected chi connectivity index (χ1v) is 6.90. The molecule has 2 N–H and O–H groups in total. The van der Waals surface area contributed by atoms with Gasteiger partial charge in [-0.3, -0.25) is 0 Å². The Balaban J connectivity index is 2.64. The number of pyridine rings is 1. The topological polar surface area (TPSA) is 80.7 Å².